The molecule has 0 radical (unpaired) electrons. The molecule has 0 spiro atoms. The molecule has 4 aromatic rings. The zero-order valence-corrected chi connectivity index (χ0v) is 17.0. The molecule has 0 bridgehead atoms. The molecule has 0 aliphatic heterocycles. The van der Waals surface area contributed by atoms with Gasteiger partial charge in [0.15, 0.2) is 11.2 Å². The average molecular weight is 421 g/mol. The van der Waals surface area contributed by atoms with Crippen molar-refractivity contribution >= 4 is 26.7 Å². The van der Waals surface area contributed by atoms with Gasteiger partial charge in [-0.05, 0) is 23.8 Å². The number of fused-ring (bicyclic) bond motifs is 1. The van der Waals surface area contributed by atoms with Crippen molar-refractivity contribution in [1.82, 2.24) is 0 Å². The first-order valence-electron chi connectivity index (χ1n) is 9.22. The number of para-hydroxylation sites is 1. The topological polar surface area (TPSA) is 85.6 Å². The van der Waals surface area contributed by atoms with Gasteiger partial charge in [0.05, 0.1) is 23.6 Å². The van der Waals surface area contributed by atoms with Crippen LogP contribution in [0.15, 0.2) is 88.3 Å². The zero-order chi connectivity index (χ0) is 21.1. The van der Waals surface area contributed by atoms with Crippen molar-refractivity contribution in [2.24, 2.45) is 0 Å². The van der Waals surface area contributed by atoms with Gasteiger partial charge in [0, 0.05) is 18.1 Å². The second kappa shape index (κ2) is 8.04. The predicted octanol–water partition coefficient (Wildman–Crippen LogP) is 4.55. The lowest BCUT2D eigenvalue weighted by Crippen LogP contribution is -2.12. The molecule has 6 nitrogen and oxygen atoms in total. The summed E-state index contributed by atoms with van der Waals surface area (Å²) in [4.78, 5) is 13.1. The maximum atomic E-state index is 13.1. The molecular weight excluding hydrogens is 402 g/mol. The summed E-state index contributed by atoms with van der Waals surface area (Å²) < 4.78 is 37.6. The van der Waals surface area contributed by atoms with E-state index in [1.165, 1.54) is 18.4 Å². The van der Waals surface area contributed by atoms with E-state index in [1.54, 1.807) is 24.3 Å². The lowest BCUT2D eigenvalue weighted by Gasteiger charge is -2.13. The molecule has 3 aromatic carbocycles. The van der Waals surface area contributed by atoms with Crippen molar-refractivity contribution < 1.29 is 17.6 Å². The van der Waals surface area contributed by atoms with Crippen LogP contribution in [0.2, 0.25) is 0 Å². The molecule has 0 atom stereocenters. The third-order valence-electron chi connectivity index (χ3n) is 4.45. The van der Waals surface area contributed by atoms with E-state index in [0.717, 1.165) is 11.8 Å². The number of hydrogen-bond acceptors (Lipinski definition) is 5. The largest absolute Gasteiger partial charge is 0.464 e. The van der Waals surface area contributed by atoms with Gasteiger partial charge in [-0.15, -0.1) is 0 Å². The molecule has 4 rings (SSSR count). The highest BCUT2D eigenvalue weighted by Crippen LogP contribution is 2.33. The Bertz CT molecular complexity index is 1350. The summed E-state index contributed by atoms with van der Waals surface area (Å²) in [7, 11) is -3.57. The van der Waals surface area contributed by atoms with Crippen LogP contribution in [-0.4, -0.2) is 14.7 Å². The normalized spacial score (nSPS) is 11.4. The number of hydrogen-bond donors (Lipinski definition) is 1. The first kappa shape index (κ1) is 19.7. The number of sulfonamides is 1. The zero-order valence-electron chi connectivity index (χ0n) is 16.2. The van der Waals surface area contributed by atoms with E-state index >= 15 is 0 Å². The lowest BCUT2D eigenvalue weighted by molar-refractivity contribution is 0.485. The molecule has 0 fully saturated rings. The Balaban J connectivity index is 1.82. The second-order valence-corrected chi connectivity index (χ2v) is 8.63. The molecule has 1 heterocycles. The first-order chi connectivity index (χ1) is 14.4. The maximum Gasteiger partial charge on any atom is 0.229 e. The van der Waals surface area contributed by atoms with Crippen LogP contribution in [0.25, 0.3) is 11.0 Å². The average Bonchev–Trinajstić information content (AvgIpc) is 2.72. The SMILES string of the molecule is CS(=O)(=O)Nc1cc2occ(Cc3ccccc3)c(=O)c2cc1Oc1ccccc1. The highest BCUT2D eigenvalue weighted by Gasteiger charge is 2.16. The Kier molecular flexibility index (Phi) is 5.29. The van der Waals surface area contributed by atoms with E-state index in [1.807, 2.05) is 36.4 Å². The molecule has 1 aromatic heterocycles. The number of rotatable bonds is 6. The van der Waals surface area contributed by atoms with Crippen molar-refractivity contribution in [2.45, 2.75) is 6.42 Å². The second-order valence-electron chi connectivity index (χ2n) is 6.89. The summed E-state index contributed by atoms with van der Waals surface area (Å²) in [5.74, 6) is 0.724. The van der Waals surface area contributed by atoms with Gasteiger partial charge in [-0.1, -0.05) is 48.5 Å². The molecule has 0 aliphatic carbocycles. The van der Waals surface area contributed by atoms with Gasteiger partial charge in [0.25, 0.3) is 0 Å². The fraction of sp³-hybridized carbons (Fsp3) is 0.0870. The van der Waals surface area contributed by atoms with Crippen LogP contribution in [0.3, 0.4) is 0 Å². The number of benzene rings is 3. The van der Waals surface area contributed by atoms with Crippen molar-refractivity contribution in [3.63, 3.8) is 0 Å². The van der Waals surface area contributed by atoms with Gasteiger partial charge in [-0.2, -0.15) is 0 Å². The number of nitrogens with one attached hydrogen (secondary N) is 1. The van der Waals surface area contributed by atoms with Gasteiger partial charge in [-0.3, -0.25) is 9.52 Å². The van der Waals surface area contributed by atoms with Gasteiger partial charge >= 0.3 is 0 Å². The van der Waals surface area contributed by atoms with Crippen LogP contribution in [-0.2, 0) is 16.4 Å². The van der Waals surface area contributed by atoms with Crippen LogP contribution in [0, 0.1) is 0 Å². The minimum absolute atomic E-state index is 0.188. The summed E-state index contributed by atoms with van der Waals surface area (Å²) >= 11 is 0. The Hall–Kier alpha value is -3.58. The molecule has 0 saturated heterocycles. The minimum atomic E-state index is -3.57. The fourth-order valence-electron chi connectivity index (χ4n) is 3.11. The summed E-state index contributed by atoms with van der Waals surface area (Å²) in [5.41, 5.74) is 1.75. The van der Waals surface area contributed by atoms with Crippen LogP contribution >= 0.6 is 0 Å². The standard InChI is InChI=1S/C23H19NO5S/c1-30(26,27)24-20-14-21-19(13-22(20)29-18-10-6-3-7-11-18)23(25)17(15-28-21)12-16-8-4-2-5-9-16/h2-11,13-15,24H,12H2,1H3. The Morgan fingerprint density at radius 2 is 1.63 bits per heavy atom. The molecule has 0 aliphatic rings. The van der Waals surface area contributed by atoms with Gasteiger partial charge < -0.3 is 9.15 Å². The lowest BCUT2D eigenvalue weighted by atomic mass is 10.0. The first-order valence-corrected chi connectivity index (χ1v) is 11.1. The summed E-state index contributed by atoms with van der Waals surface area (Å²) in [6, 6.07) is 21.5. The highest BCUT2D eigenvalue weighted by atomic mass is 32.2. The quantitative estimate of drug-likeness (QED) is 0.494. The van der Waals surface area contributed by atoms with Crippen LogP contribution in [0.5, 0.6) is 11.5 Å². The van der Waals surface area contributed by atoms with E-state index < -0.39 is 10.0 Å². The van der Waals surface area contributed by atoms with E-state index in [2.05, 4.69) is 4.72 Å². The summed E-state index contributed by atoms with van der Waals surface area (Å²) in [6.07, 6.45) is 2.89. The molecule has 0 saturated carbocycles. The molecule has 30 heavy (non-hydrogen) atoms. The Labute approximate surface area is 173 Å². The Morgan fingerprint density at radius 1 is 0.967 bits per heavy atom. The molecule has 7 heteroatoms. The van der Waals surface area contributed by atoms with Crippen LogP contribution in [0.4, 0.5) is 5.69 Å². The van der Waals surface area contributed by atoms with Gasteiger partial charge in [-0.25, -0.2) is 8.42 Å². The summed E-state index contributed by atoms with van der Waals surface area (Å²) in [5, 5.41) is 0.313. The van der Waals surface area contributed by atoms with Crippen LogP contribution < -0.4 is 14.9 Å². The van der Waals surface area contributed by atoms with Gasteiger partial charge in [0.1, 0.15) is 11.3 Å². The van der Waals surface area contributed by atoms with Crippen molar-refractivity contribution in [3.05, 3.63) is 100 Å². The number of ether oxygens (including phenoxy) is 1. The summed E-state index contributed by atoms with van der Waals surface area (Å²) in [6.45, 7) is 0. The van der Waals surface area contributed by atoms with E-state index in [4.69, 9.17) is 9.15 Å². The predicted molar refractivity (Wildman–Crippen MR) is 117 cm³/mol. The van der Waals surface area contributed by atoms with Crippen LogP contribution in [0.1, 0.15) is 11.1 Å². The maximum absolute atomic E-state index is 13.1. The third kappa shape index (κ3) is 4.52. The smallest absolute Gasteiger partial charge is 0.229 e. The Morgan fingerprint density at radius 3 is 2.30 bits per heavy atom. The molecular formula is C23H19NO5S. The molecule has 0 unspecified atom stereocenters. The molecule has 152 valence electrons. The van der Waals surface area contributed by atoms with Crippen molar-refractivity contribution in [2.75, 3.05) is 11.0 Å². The molecule has 0 amide bonds. The number of anilines is 1. The fourth-order valence-corrected chi connectivity index (χ4v) is 3.67. The van der Waals surface area contributed by atoms with E-state index in [-0.39, 0.29) is 22.4 Å². The van der Waals surface area contributed by atoms with Gasteiger partial charge in [0.2, 0.25) is 10.0 Å². The molecule has 1 N–H and O–H groups in total. The highest BCUT2D eigenvalue weighted by molar-refractivity contribution is 7.92. The minimum Gasteiger partial charge on any atom is -0.464 e. The van der Waals surface area contributed by atoms with Crippen molar-refractivity contribution in [1.29, 1.82) is 0 Å². The third-order valence-corrected chi connectivity index (χ3v) is 5.04. The van der Waals surface area contributed by atoms with E-state index in [9.17, 15) is 13.2 Å². The van der Waals surface area contributed by atoms with Crippen molar-refractivity contribution in [3.8, 4) is 11.5 Å². The van der Waals surface area contributed by atoms with E-state index in [0.29, 0.717) is 23.1 Å². The monoisotopic (exact) mass is 421 g/mol.